The lowest BCUT2D eigenvalue weighted by Crippen LogP contribution is -2.44. The highest BCUT2D eigenvalue weighted by molar-refractivity contribution is 5.46. The maximum absolute atomic E-state index is 10.6. The lowest BCUT2D eigenvalue weighted by Gasteiger charge is -2.35. The Labute approximate surface area is 74.6 Å². The fraction of sp³-hybridized carbons (Fsp3) is 0.889. The molecule has 0 aliphatic carbocycles. The molecule has 0 aliphatic heterocycles. The maximum atomic E-state index is 10.6. The van der Waals surface area contributed by atoms with Crippen molar-refractivity contribution in [3.05, 3.63) is 0 Å². The lowest BCUT2D eigenvalue weighted by molar-refractivity contribution is -0.246. The summed E-state index contributed by atoms with van der Waals surface area (Å²) in [5, 5.41) is 1.34. The van der Waals surface area contributed by atoms with E-state index < -0.39 is 0 Å². The fourth-order valence-electron chi connectivity index (χ4n) is 0.612. The van der Waals surface area contributed by atoms with E-state index in [1.807, 2.05) is 41.5 Å². The highest BCUT2D eigenvalue weighted by atomic mass is 16.7. The quantitative estimate of drug-likeness (QED) is 0.472. The maximum Gasteiger partial charge on any atom is 0.233 e. The van der Waals surface area contributed by atoms with E-state index in [1.54, 1.807) is 0 Å². The van der Waals surface area contributed by atoms with Crippen LogP contribution in [0.3, 0.4) is 0 Å². The first-order valence-corrected chi connectivity index (χ1v) is 4.10. The Morgan fingerprint density at radius 1 is 1.08 bits per heavy atom. The molecule has 3 heteroatoms. The van der Waals surface area contributed by atoms with E-state index in [-0.39, 0.29) is 11.1 Å². The molecule has 72 valence electrons. The van der Waals surface area contributed by atoms with Gasteiger partial charge in [0.15, 0.2) is 0 Å². The average molecular weight is 173 g/mol. The van der Waals surface area contributed by atoms with Gasteiger partial charge in [-0.05, 0) is 41.5 Å². The number of carbonyl (C=O) groups is 1. The summed E-state index contributed by atoms with van der Waals surface area (Å²) in [6.45, 7) is 11.5. The van der Waals surface area contributed by atoms with Crippen LogP contribution in [0.1, 0.15) is 41.5 Å². The molecule has 0 aromatic rings. The van der Waals surface area contributed by atoms with Crippen molar-refractivity contribution in [3.8, 4) is 0 Å². The van der Waals surface area contributed by atoms with E-state index in [0.717, 1.165) is 0 Å². The van der Waals surface area contributed by atoms with Gasteiger partial charge in [-0.3, -0.25) is 9.63 Å². The largest absolute Gasteiger partial charge is 0.276 e. The van der Waals surface area contributed by atoms with Gasteiger partial charge in [-0.25, -0.2) is 5.06 Å². The normalized spacial score (nSPS) is 12.8. The van der Waals surface area contributed by atoms with Crippen LogP contribution in [-0.4, -0.2) is 22.6 Å². The molecule has 1 amide bonds. The molecular weight excluding hydrogens is 154 g/mol. The van der Waals surface area contributed by atoms with Crippen LogP contribution in [0.15, 0.2) is 0 Å². The predicted molar refractivity (Wildman–Crippen MR) is 48.5 cm³/mol. The van der Waals surface area contributed by atoms with Gasteiger partial charge < -0.3 is 0 Å². The first-order valence-electron chi connectivity index (χ1n) is 4.10. The first kappa shape index (κ1) is 11.4. The molecule has 0 unspecified atom stereocenters. The number of hydroxylamine groups is 2. The van der Waals surface area contributed by atoms with E-state index in [4.69, 9.17) is 4.84 Å². The van der Waals surface area contributed by atoms with Crippen LogP contribution in [-0.2, 0) is 9.63 Å². The van der Waals surface area contributed by atoms with E-state index in [1.165, 1.54) is 5.06 Å². The second-order valence-electron chi connectivity index (χ2n) is 4.81. The van der Waals surface area contributed by atoms with E-state index in [2.05, 4.69) is 0 Å². The second-order valence-corrected chi connectivity index (χ2v) is 4.81. The molecule has 0 aromatic heterocycles. The van der Waals surface area contributed by atoms with Gasteiger partial charge in [0.25, 0.3) is 0 Å². The van der Waals surface area contributed by atoms with Gasteiger partial charge in [-0.2, -0.15) is 0 Å². The minimum atomic E-state index is -0.325. The Kier molecular flexibility index (Phi) is 3.27. The van der Waals surface area contributed by atoms with Crippen molar-refractivity contribution in [2.75, 3.05) is 0 Å². The van der Waals surface area contributed by atoms with Crippen molar-refractivity contribution >= 4 is 6.41 Å². The molecule has 0 N–H and O–H groups in total. The zero-order chi connectivity index (χ0) is 9.99. The number of rotatable bonds is 2. The molecule has 0 atom stereocenters. The highest BCUT2D eigenvalue weighted by Crippen LogP contribution is 2.17. The van der Waals surface area contributed by atoms with Crippen LogP contribution in [0.25, 0.3) is 0 Å². The molecule has 0 aromatic carbocycles. The fourth-order valence-corrected chi connectivity index (χ4v) is 0.612. The number of hydrogen-bond donors (Lipinski definition) is 0. The monoisotopic (exact) mass is 173 g/mol. The molecule has 0 heterocycles. The number of nitrogens with zero attached hydrogens (tertiary/aromatic N) is 1. The SMILES string of the molecule is CC(C)(C)ON(C=O)C(C)(C)C. The molecule has 0 bridgehead atoms. The molecule has 0 saturated carbocycles. The Morgan fingerprint density at radius 2 is 1.50 bits per heavy atom. The summed E-state index contributed by atoms with van der Waals surface area (Å²) in [6, 6.07) is 0. The summed E-state index contributed by atoms with van der Waals surface area (Å²) < 4.78 is 0. The molecule has 0 spiro atoms. The summed E-state index contributed by atoms with van der Waals surface area (Å²) in [4.78, 5) is 16.0. The Morgan fingerprint density at radius 3 is 1.58 bits per heavy atom. The molecule has 0 fully saturated rings. The second kappa shape index (κ2) is 3.44. The summed E-state index contributed by atoms with van der Waals surface area (Å²) in [7, 11) is 0. The van der Waals surface area contributed by atoms with Crippen LogP contribution in [0, 0.1) is 0 Å². The number of amides is 1. The summed E-state index contributed by atoms with van der Waals surface area (Å²) in [5.41, 5.74) is -0.608. The van der Waals surface area contributed by atoms with Crippen LogP contribution in [0.4, 0.5) is 0 Å². The first-order chi connectivity index (χ1) is 5.17. The van der Waals surface area contributed by atoms with Crippen molar-refractivity contribution in [3.63, 3.8) is 0 Å². The highest BCUT2D eigenvalue weighted by Gasteiger charge is 2.25. The predicted octanol–water partition coefficient (Wildman–Crippen LogP) is 1.97. The Bertz CT molecular complexity index is 153. The van der Waals surface area contributed by atoms with Crippen molar-refractivity contribution in [2.24, 2.45) is 0 Å². The number of hydrogen-bond acceptors (Lipinski definition) is 2. The molecule has 3 nitrogen and oxygen atoms in total. The van der Waals surface area contributed by atoms with E-state index >= 15 is 0 Å². The van der Waals surface area contributed by atoms with Gasteiger partial charge >= 0.3 is 0 Å². The number of carbonyl (C=O) groups excluding carboxylic acids is 1. The molecule has 12 heavy (non-hydrogen) atoms. The summed E-state index contributed by atoms with van der Waals surface area (Å²) in [5.74, 6) is 0. The third kappa shape index (κ3) is 4.34. The van der Waals surface area contributed by atoms with Gasteiger partial charge in [-0.1, -0.05) is 0 Å². The molecule has 0 saturated heterocycles. The van der Waals surface area contributed by atoms with Crippen LogP contribution in [0.2, 0.25) is 0 Å². The van der Waals surface area contributed by atoms with Crippen molar-refractivity contribution in [2.45, 2.75) is 52.7 Å². The summed E-state index contributed by atoms with van der Waals surface area (Å²) >= 11 is 0. The molecule has 0 rings (SSSR count). The topological polar surface area (TPSA) is 29.5 Å². The van der Waals surface area contributed by atoms with E-state index in [0.29, 0.717) is 6.41 Å². The van der Waals surface area contributed by atoms with Crippen LogP contribution in [0.5, 0.6) is 0 Å². The van der Waals surface area contributed by atoms with Gasteiger partial charge in [0.05, 0.1) is 11.1 Å². The van der Waals surface area contributed by atoms with Gasteiger partial charge in [0.2, 0.25) is 6.41 Å². The molecule has 0 radical (unpaired) electrons. The Balaban J connectivity index is 4.30. The van der Waals surface area contributed by atoms with E-state index in [9.17, 15) is 4.79 Å². The standard InChI is InChI=1S/C9H19NO2/c1-8(2,3)10(7-11)12-9(4,5)6/h7H,1-6H3. The zero-order valence-corrected chi connectivity index (χ0v) is 8.84. The minimum Gasteiger partial charge on any atom is -0.276 e. The van der Waals surface area contributed by atoms with Gasteiger partial charge in [0.1, 0.15) is 0 Å². The average Bonchev–Trinajstić information content (AvgIpc) is 1.78. The summed E-state index contributed by atoms with van der Waals surface area (Å²) in [6.07, 6.45) is 0.714. The third-order valence-electron chi connectivity index (χ3n) is 1.13. The minimum absolute atomic E-state index is 0.283. The van der Waals surface area contributed by atoms with Crippen molar-refractivity contribution < 1.29 is 9.63 Å². The van der Waals surface area contributed by atoms with Crippen LogP contribution >= 0.6 is 0 Å². The molecule has 0 aliphatic rings. The lowest BCUT2D eigenvalue weighted by atomic mass is 10.1. The van der Waals surface area contributed by atoms with Crippen molar-refractivity contribution in [1.29, 1.82) is 0 Å². The smallest absolute Gasteiger partial charge is 0.233 e. The van der Waals surface area contributed by atoms with Crippen molar-refractivity contribution in [1.82, 2.24) is 5.06 Å². The zero-order valence-electron chi connectivity index (χ0n) is 8.84. The van der Waals surface area contributed by atoms with Gasteiger partial charge in [0, 0.05) is 0 Å². The molecular formula is C9H19NO2. The van der Waals surface area contributed by atoms with Crippen LogP contribution < -0.4 is 0 Å². The Hall–Kier alpha value is -0.570. The van der Waals surface area contributed by atoms with Gasteiger partial charge in [-0.15, -0.1) is 0 Å². The third-order valence-corrected chi connectivity index (χ3v) is 1.13.